The van der Waals surface area contributed by atoms with E-state index in [4.69, 9.17) is 27.9 Å². The zero-order valence-corrected chi connectivity index (χ0v) is 12.8. The van der Waals surface area contributed by atoms with Gasteiger partial charge in [-0.15, -0.1) is 0 Å². The number of hydrogen-bond donors (Lipinski definition) is 1. The molecule has 1 N–H and O–H groups in total. The molecule has 5 heteroatoms. The number of halogens is 2. The van der Waals surface area contributed by atoms with Crippen LogP contribution >= 0.6 is 23.2 Å². The van der Waals surface area contributed by atoms with E-state index in [0.29, 0.717) is 15.8 Å². The fourth-order valence-corrected chi connectivity index (χ4v) is 2.59. The van der Waals surface area contributed by atoms with Gasteiger partial charge in [0.1, 0.15) is 17.3 Å². The van der Waals surface area contributed by atoms with E-state index in [9.17, 15) is 0 Å². The Morgan fingerprint density at radius 1 is 1.05 bits per heavy atom. The molecule has 0 saturated heterocycles. The van der Waals surface area contributed by atoms with Crippen LogP contribution in [0.25, 0.3) is 0 Å². The molecule has 0 unspecified atom stereocenters. The Kier molecular flexibility index (Phi) is 4.32. The molecular weight excluding hydrogens is 307 g/mol. The number of benzene rings is 2. The lowest BCUT2D eigenvalue weighted by atomic mass is 10.1. The van der Waals surface area contributed by atoms with Gasteiger partial charge in [0.15, 0.2) is 0 Å². The molecule has 21 heavy (non-hydrogen) atoms. The Labute approximate surface area is 133 Å². The summed E-state index contributed by atoms with van der Waals surface area (Å²) in [5.41, 5.74) is 0.934. The van der Waals surface area contributed by atoms with Crippen molar-refractivity contribution >= 4 is 29.0 Å². The molecule has 2 aromatic carbocycles. The largest absolute Gasteiger partial charge is 0.455 e. The van der Waals surface area contributed by atoms with Crippen LogP contribution in [0.2, 0.25) is 10.0 Å². The molecule has 2 aromatic rings. The zero-order chi connectivity index (χ0) is 14.7. The number of rotatable bonds is 3. The third kappa shape index (κ3) is 3.31. The van der Waals surface area contributed by atoms with E-state index in [-0.39, 0.29) is 0 Å². The van der Waals surface area contributed by atoms with Gasteiger partial charge in [0.25, 0.3) is 0 Å². The number of ether oxygens (including phenoxy) is 1. The molecule has 108 valence electrons. The van der Waals surface area contributed by atoms with E-state index in [0.717, 1.165) is 36.7 Å². The van der Waals surface area contributed by atoms with Crippen LogP contribution in [0, 0.1) is 0 Å². The maximum atomic E-state index is 6.16. The molecular formula is C16H14Cl2N2O. The van der Waals surface area contributed by atoms with Crippen LogP contribution in [-0.4, -0.2) is 18.9 Å². The van der Waals surface area contributed by atoms with Crippen LogP contribution in [0.1, 0.15) is 12.0 Å². The molecule has 0 fully saturated rings. The van der Waals surface area contributed by atoms with Gasteiger partial charge in [-0.1, -0.05) is 35.3 Å². The number of para-hydroxylation sites is 1. The molecule has 0 bridgehead atoms. The molecule has 0 aliphatic carbocycles. The van der Waals surface area contributed by atoms with Crippen LogP contribution in [-0.2, 0) is 0 Å². The molecule has 0 amide bonds. The molecule has 0 radical (unpaired) electrons. The highest BCUT2D eigenvalue weighted by Crippen LogP contribution is 2.33. The zero-order valence-electron chi connectivity index (χ0n) is 11.3. The second kappa shape index (κ2) is 6.37. The number of nitrogens with zero attached hydrogens (tertiary/aromatic N) is 1. The fraction of sp³-hybridized carbons (Fsp3) is 0.188. The lowest BCUT2D eigenvalue weighted by Gasteiger charge is -2.18. The lowest BCUT2D eigenvalue weighted by Crippen LogP contribution is -2.30. The predicted octanol–water partition coefficient (Wildman–Crippen LogP) is 4.53. The van der Waals surface area contributed by atoms with Crippen LogP contribution in [0.3, 0.4) is 0 Å². The average Bonchev–Trinajstić information content (AvgIpc) is 2.51. The van der Waals surface area contributed by atoms with E-state index < -0.39 is 0 Å². The number of hydrogen-bond acceptors (Lipinski definition) is 3. The van der Waals surface area contributed by atoms with Crippen molar-refractivity contribution in [3.05, 3.63) is 58.1 Å². The van der Waals surface area contributed by atoms with Crippen LogP contribution in [0.15, 0.2) is 47.5 Å². The van der Waals surface area contributed by atoms with Crippen molar-refractivity contribution in [1.29, 1.82) is 0 Å². The SMILES string of the molecule is Clc1ccc(Oc2ccccc2C2=NCCCN2)c(Cl)c1. The highest BCUT2D eigenvalue weighted by molar-refractivity contribution is 6.35. The van der Waals surface area contributed by atoms with Crippen molar-refractivity contribution < 1.29 is 4.74 Å². The quantitative estimate of drug-likeness (QED) is 0.901. The van der Waals surface area contributed by atoms with E-state index in [1.54, 1.807) is 18.2 Å². The van der Waals surface area contributed by atoms with Gasteiger partial charge in [0, 0.05) is 18.1 Å². The second-order valence-corrected chi connectivity index (χ2v) is 5.53. The van der Waals surface area contributed by atoms with Crippen LogP contribution in [0.4, 0.5) is 0 Å². The first kappa shape index (κ1) is 14.2. The maximum Gasteiger partial charge on any atom is 0.146 e. The summed E-state index contributed by atoms with van der Waals surface area (Å²) in [7, 11) is 0. The Morgan fingerprint density at radius 2 is 1.90 bits per heavy atom. The van der Waals surface area contributed by atoms with Gasteiger partial charge in [0.05, 0.1) is 10.6 Å². The minimum absolute atomic E-state index is 0.482. The smallest absolute Gasteiger partial charge is 0.146 e. The standard InChI is InChI=1S/C16H14Cl2N2O/c17-11-6-7-15(13(18)10-11)21-14-5-2-1-4-12(14)16-19-8-3-9-20-16/h1-2,4-7,10H,3,8-9H2,(H,19,20). The van der Waals surface area contributed by atoms with Gasteiger partial charge >= 0.3 is 0 Å². The summed E-state index contributed by atoms with van der Waals surface area (Å²) in [6, 6.07) is 12.9. The first-order chi connectivity index (χ1) is 10.2. The topological polar surface area (TPSA) is 33.6 Å². The number of nitrogens with one attached hydrogen (secondary N) is 1. The minimum Gasteiger partial charge on any atom is -0.455 e. The van der Waals surface area contributed by atoms with E-state index in [1.165, 1.54) is 0 Å². The van der Waals surface area contributed by atoms with E-state index in [2.05, 4.69) is 10.3 Å². The van der Waals surface area contributed by atoms with Crippen molar-refractivity contribution in [3.63, 3.8) is 0 Å². The second-order valence-electron chi connectivity index (χ2n) is 4.68. The fourth-order valence-electron chi connectivity index (χ4n) is 2.14. The summed E-state index contributed by atoms with van der Waals surface area (Å²) in [5, 5.41) is 4.37. The highest BCUT2D eigenvalue weighted by atomic mass is 35.5. The molecule has 0 atom stereocenters. The molecule has 1 aliphatic rings. The third-order valence-corrected chi connectivity index (χ3v) is 3.68. The summed E-state index contributed by atoms with van der Waals surface area (Å²) in [6.07, 6.45) is 1.05. The van der Waals surface area contributed by atoms with Crippen molar-refractivity contribution in [2.45, 2.75) is 6.42 Å². The maximum absolute atomic E-state index is 6.16. The van der Waals surface area contributed by atoms with Crippen LogP contribution in [0.5, 0.6) is 11.5 Å². The molecule has 0 spiro atoms. The molecule has 3 rings (SSSR count). The van der Waals surface area contributed by atoms with Gasteiger partial charge in [-0.3, -0.25) is 4.99 Å². The first-order valence-electron chi connectivity index (χ1n) is 6.74. The first-order valence-corrected chi connectivity index (χ1v) is 7.50. The van der Waals surface area contributed by atoms with Gasteiger partial charge in [-0.2, -0.15) is 0 Å². The predicted molar refractivity (Wildman–Crippen MR) is 87.0 cm³/mol. The van der Waals surface area contributed by atoms with Gasteiger partial charge in [0.2, 0.25) is 0 Å². The summed E-state index contributed by atoms with van der Waals surface area (Å²) in [4.78, 5) is 4.51. The number of amidine groups is 1. The average molecular weight is 321 g/mol. The van der Waals surface area contributed by atoms with E-state index >= 15 is 0 Å². The Morgan fingerprint density at radius 3 is 2.67 bits per heavy atom. The molecule has 0 aromatic heterocycles. The Bertz CT molecular complexity index is 686. The summed E-state index contributed by atoms with van der Waals surface area (Å²) in [6.45, 7) is 1.76. The van der Waals surface area contributed by atoms with Crippen molar-refractivity contribution in [2.75, 3.05) is 13.1 Å². The molecule has 1 aliphatic heterocycles. The van der Waals surface area contributed by atoms with E-state index in [1.807, 2.05) is 24.3 Å². The summed E-state index contributed by atoms with van der Waals surface area (Å²) < 4.78 is 5.94. The van der Waals surface area contributed by atoms with Gasteiger partial charge < -0.3 is 10.1 Å². The summed E-state index contributed by atoms with van der Waals surface area (Å²) in [5.74, 6) is 2.15. The lowest BCUT2D eigenvalue weighted by molar-refractivity contribution is 0.481. The third-order valence-electron chi connectivity index (χ3n) is 3.15. The molecule has 1 heterocycles. The Balaban J connectivity index is 1.93. The molecule has 3 nitrogen and oxygen atoms in total. The van der Waals surface area contributed by atoms with Crippen molar-refractivity contribution in [2.24, 2.45) is 4.99 Å². The van der Waals surface area contributed by atoms with Crippen molar-refractivity contribution in [1.82, 2.24) is 5.32 Å². The Hall–Kier alpha value is -1.71. The highest BCUT2D eigenvalue weighted by Gasteiger charge is 2.14. The minimum atomic E-state index is 0.482. The van der Waals surface area contributed by atoms with Gasteiger partial charge in [-0.25, -0.2) is 0 Å². The monoisotopic (exact) mass is 320 g/mol. The van der Waals surface area contributed by atoms with Crippen LogP contribution < -0.4 is 10.1 Å². The normalized spacial score (nSPS) is 14.3. The van der Waals surface area contributed by atoms with Crippen molar-refractivity contribution in [3.8, 4) is 11.5 Å². The van der Waals surface area contributed by atoms with Gasteiger partial charge in [-0.05, 0) is 36.8 Å². The number of aliphatic imine (C=N–C) groups is 1. The molecule has 0 saturated carbocycles. The summed E-state index contributed by atoms with van der Waals surface area (Å²) >= 11 is 12.1.